The second kappa shape index (κ2) is 4.35. The highest BCUT2D eigenvalue weighted by atomic mass is 79.9. The minimum absolute atomic E-state index is 0.133. The smallest absolute Gasteiger partial charge is 0.208 e. The Morgan fingerprint density at radius 3 is 2.93 bits per heavy atom. The van der Waals surface area contributed by atoms with Crippen molar-refractivity contribution in [1.29, 1.82) is 0 Å². The van der Waals surface area contributed by atoms with Gasteiger partial charge in [-0.1, -0.05) is 28.9 Å². The van der Waals surface area contributed by atoms with Gasteiger partial charge in [-0.15, -0.1) is 0 Å². The van der Waals surface area contributed by atoms with Crippen LogP contribution in [0.4, 0.5) is 0 Å². The zero-order valence-electron chi connectivity index (χ0n) is 7.58. The van der Waals surface area contributed by atoms with Gasteiger partial charge in [-0.2, -0.15) is 0 Å². The van der Waals surface area contributed by atoms with Gasteiger partial charge in [0.1, 0.15) is 5.69 Å². The van der Waals surface area contributed by atoms with Crippen molar-refractivity contribution in [3.63, 3.8) is 0 Å². The number of benzene rings is 1. The Morgan fingerprint density at radius 2 is 2.27 bits per heavy atom. The van der Waals surface area contributed by atoms with Crippen LogP contribution in [0.1, 0.15) is 5.56 Å². The summed E-state index contributed by atoms with van der Waals surface area (Å²) in [4.78, 5) is 0. The van der Waals surface area contributed by atoms with Gasteiger partial charge in [-0.3, -0.25) is 0 Å². The van der Waals surface area contributed by atoms with Gasteiger partial charge in [-0.05, 0) is 28.1 Å². The molecule has 2 rings (SSSR count). The molecule has 78 valence electrons. The van der Waals surface area contributed by atoms with E-state index in [1.807, 2.05) is 12.1 Å². The lowest BCUT2D eigenvalue weighted by molar-refractivity contribution is 0.278. The fourth-order valence-electron chi connectivity index (χ4n) is 1.29. The summed E-state index contributed by atoms with van der Waals surface area (Å²) in [6, 6.07) is 7.22. The maximum atomic E-state index is 9.16. The molecule has 1 aromatic heterocycles. The van der Waals surface area contributed by atoms with Crippen molar-refractivity contribution in [3.8, 4) is 11.3 Å². The predicted octanol–water partition coefficient (Wildman–Crippen LogP) is 3.25. The molecule has 0 radical (unpaired) electrons. The Morgan fingerprint density at radius 1 is 1.47 bits per heavy atom. The molecule has 1 N–H and O–H groups in total. The highest BCUT2D eigenvalue weighted by Gasteiger charge is 2.14. The summed E-state index contributed by atoms with van der Waals surface area (Å²) in [5, 5.41) is 13.6. The molecule has 0 saturated carbocycles. The number of nitrogens with zero attached hydrogens (tertiary/aromatic N) is 1. The second-order valence-corrected chi connectivity index (χ2v) is 4.11. The molecule has 0 spiro atoms. The largest absolute Gasteiger partial charge is 0.391 e. The Balaban J connectivity index is 2.54. The van der Waals surface area contributed by atoms with Crippen LogP contribution in [-0.2, 0) is 6.61 Å². The van der Waals surface area contributed by atoms with E-state index in [9.17, 15) is 0 Å². The quantitative estimate of drug-likeness (QED) is 0.922. The number of aliphatic hydroxyl groups is 1. The van der Waals surface area contributed by atoms with E-state index < -0.39 is 0 Å². The lowest BCUT2D eigenvalue weighted by Crippen LogP contribution is -1.86. The Bertz CT molecular complexity index is 484. The molecule has 0 aliphatic rings. The normalized spacial score (nSPS) is 10.6. The fourth-order valence-corrected chi connectivity index (χ4v) is 1.86. The molecular weight excluding hydrogens is 281 g/mol. The molecule has 1 heterocycles. The molecule has 0 saturated heterocycles. The van der Waals surface area contributed by atoms with Crippen LogP contribution >= 0.6 is 27.5 Å². The number of rotatable bonds is 2. The number of halogens is 2. The van der Waals surface area contributed by atoms with E-state index in [0.29, 0.717) is 20.9 Å². The van der Waals surface area contributed by atoms with Gasteiger partial charge in [0.15, 0.2) is 0 Å². The number of aromatic nitrogens is 1. The van der Waals surface area contributed by atoms with Crippen molar-refractivity contribution in [2.45, 2.75) is 6.61 Å². The maximum absolute atomic E-state index is 9.16. The summed E-state index contributed by atoms with van der Waals surface area (Å²) >= 11 is 9.04. The topological polar surface area (TPSA) is 46.3 Å². The molecule has 5 heteroatoms. The minimum atomic E-state index is -0.133. The van der Waals surface area contributed by atoms with Crippen molar-refractivity contribution < 1.29 is 9.63 Å². The van der Waals surface area contributed by atoms with Crippen molar-refractivity contribution in [2.75, 3.05) is 0 Å². The summed E-state index contributed by atoms with van der Waals surface area (Å²) in [6.45, 7) is -0.133. The van der Waals surface area contributed by atoms with Gasteiger partial charge in [0.05, 0.1) is 12.2 Å². The van der Waals surface area contributed by atoms with Gasteiger partial charge < -0.3 is 9.63 Å². The zero-order chi connectivity index (χ0) is 10.8. The van der Waals surface area contributed by atoms with Crippen LogP contribution in [0.25, 0.3) is 11.3 Å². The van der Waals surface area contributed by atoms with E-state index in [1.165, 1.54) is 0 Å². The molecule has 2 aromatic rings. The van der Waals surface area contributed by atoms with Crippen LogP contribution in [0.15, 0.2) is 33.5 Å². The molecule has 0 amide bonds. The average Bonchev–Trinajstić information content (AvgIpc) is 2.59. The van der Waals surface area contributed by atoms with Crippen LogP contribution in [0.2, 0.25) is 5.02 Å². The van der Waals surface area contributed by atoms with Crippen LogP contribution in [-0.4, -0.2) is 10.3 Å². The third-order valence-electron chi connectivity index (χ3n) is 2.00. The summed E-state index contributed by atoms with van der Waals surface area (Å²) in [7, 11) is 0. The lowest BCUT2D eigenvalue weighted by atomic mass is 10.1. The molecule has 0 atom stereocenters. The molecule has 0 unspecified atom stereocenters. The van der Waals surface area contributed by atoms with Gasteiger partial charge in [0.25, 0.3) is 0 Å². The molecule has 1 aromatic carbocycles. The Labute approximate surface area is 99.8 Å². The first kappa shape index (κ1) is 10.7. The standard InChI is InChI=1S/C10H7BrClNO2/c11-10-8(5-14)9(13-15-10)6-2-1-3-7(12)4-6/h1-4,14H,5H2. The van der Waals surface area contributed by atoms with Crippen molar-refractivity contribution in [1.82, 2.24) is 5.16 Å². The highest BCUT2D eigenvalue weighted by molar-refractivity contribution is 9.10. The van der Waals surface area contributed by atoms with E-state index in [2.05, 4.69) is 21.1 Å². The summed E-state index contributed by atoms with van der Waals surface area (Å²) in [6.07, 6.45) is 0. The molecular formula is C10H7BrClNO2. The average molecular weight is 289 g/mol. The zero-order valence-corrected chi connectivity index (χ0v) is 9.92. The first-order valence-corrected chi connectivity index (χ1v) is 5.40. The van der Waals surface area contributed by atoms with Crippen molar-refractivity contribution in [2.24, 2.45) is 0 Å². The first-order chi connectivity index (χ1) is 7.22. The van der Waals surface area contributed by atoms with Gasteiger partial charge >= 0.3 is 0 Å². The predicted molar refractivity (Wildman–Crippen MR) is 60.6 cm³/mol. The Hall–Kier alpha value is -0.840. The van der Waals surface area contributed by atoms with E-state index in [0.717, 1.165) is 5.56 Å². The minimum Gasteiger partial charge on any atom is -0.391 e. The Kier molecular flexibility index (Phi) is 3.09. The van der Waals surface area contributed by atoms with Gasteiger partial charge in [-0.25, -0.2) is 0 Å². The molecule has 15 heavy (non-hydrogen) atoms. The SMILES string of the molecule is OCc1c(-c2cccc(Cl)c2)noc1Br. The highest BCUT2D eigenvalue weighted by Crippen LogP contribution is 2.29. The van der Waals surface area contributed by atoms with E-state index in [1.54, 1.807) is 12.1 Å². The number of hydrogen-bond donors (Lipinski definition) is 1. The molecule has 0 bridgehead atoms. The van der Waals surface area contributed by atoms with E-state index in [4.69, 9.17) is 21.2 Å². The number of aliphatic hydroxyl groups excluding tert-OH is 1. The third kappa shape index (κ3) is 2.07. The summed E-state index contributed by atoms with van der Waals surface area (Å²) in [5.41, 5.74) is 2.05. The van der Waals surface area contributed by atoms with Crippen molar-refractivity contribution >= 4 is 27.5 Å². The van der Waals surface area contributed by atoms with Crippen LogP contribution in [0.3, 0.4) is 0 Å². The van der Waals surface area contributed by atoms with Crippen LogP contribution in [0.5, 0.6) is 0 Å². The number of hydrogen-bond acceptors (Lipinski definition) is 3. The maximum Gasteiger partial charge on any atom is 0.208 e. The summed E-state index contributed by atoms with van der Waals surface area (Å²) < 4.78 is 5.39. The van der Waals surface area contributed by atoms with E-state index >= 15 is 0 Å². The molecule has 0 fully saturated rings. The lowest BCUT2D eigenvalue weighted by Gasteiger charge is -1.98. The van der Waals surface area contributed by atoms with Crippen LogP contribution in [0, 0.1) is 0 Å². The monoisotopic (exact) mass is 287 g/mol. The molecule has 0 aliphatic carbocycles. The second-order valence-electron chi connectivity index (χ2n) is 2.95. The summed E-state index contributed by atoms with van der Waals surface area (Å²) in [5.74, 6) is 0. The molecule has 0 aliphatic heterocycles. The van der Waals surface area contributed by atoms with Gasteiger partial charge in [0.2, 0.25) is 4.67 Å². The van der Waals surface area contributed by atoms with Crippen LogP contribution < -0.4 is 0 Å². The molecule has 3 nitrogen and oxygen atoms in total. The first-order valence-electron chi connectivity index (χ1n) is 4.23. The van der Waals surface area contributed by atoms with Gasteiger partial charge in [0, 0.05) is 10.6 Å². The van der Waals surface area contributed by atoms with Crippen molar-refractivity contribution in [3.05, 3.63) is 39.5 Å². The fraction of sp³-hybridized carbons (Fsp3) is 0.100. The third-order valence-corrected chi connectivity index (χ3v) is 2.85. The van der Waals surface area contributed by atoms with E-state index in [-0.39, 0.29) is 6.61 Å².